The van der Waals surface area contributed by atoms with Crippen LogP contribution in [0.25, 0.3) is 0 Å². The molecule has 1 heterocycles. The molecule has 1 saturated heterocycles. The maximum Gasteiger partial charge on any atom is 0.145 e. The predicted molar refractivity (Wildman–Crippen MR) is 73.8 cm³/mol. The molecule has 0 radical (unpaired) electrons. The molecule has 1 N–H and O–H groups in total. The molecular weight excluding hydrogens is 228 g/mol. The second-order valence-corrected chi connectivity index (χ2v) is 4.50. The van der Waals surface area contributed by atoms with Crippen molar-refractivity contribution < 1.29 is 9.47 Å². The van der Waals surface area contributed by atoms with Gasteiger partial charge < -0.3 is 19.7 Å². The zero-order valence-electron chi connectivity index (χ0n) is 11.4. The number of nitrogens with one attached hydrogen (secondary N) is 1. The topological polar surface area (TPSA) is 33.7 Å². The van der Waals surface area contributed by atoms with Crippen molar-refractivity contribution in [1.29, 1.82) is 0 Å². The van der Waals surface area contributed by atoms with Crippen LogP contribution in [0, 0.1) is 0 Å². The van der Waals surface area contributed by atoms with E-state index in [0.717, 1.165) is 43.2 Å². The molecule has 18 heavy (non-hydrogen) atoms. The van der Waals surface area contributed by atoms with Gasteiger partial charge in [0.25, 0.3) is 0 Å². The fraction of sp³-hybridized carbons (Fsp3) is 0.571. The van der Waals surface area contributed by atoms with Crippen molar-refractivity contribution in [3.63, 3.8) is 0 Å². The molecule has 1 atom stereocenters. The second-order valence-electron chi connectivity index (χ2n) is 4.50. The third-order valence-corrected chi connectivity index (χ3v) is 3.52. The molecule has 1 aromatic rings. The van der Waals surface area contributed by atoms with Gasteiger partial charge in [0.05, 0.1) is 19.9 Å². The lowest BCUT2D eigenvalue weighted by Gasteiger charge is -2.38. The van der Waals surface area contributed by atoms with Gasteiger partial charge >= 0.3 is 0 Å². The Morgan fingerprint density at radius 2 is 2.17 bits per heavy atom. The van der Waals surface area contributed by atoms with Gasteiger partial charge in [0.1, 0.15) is 11.5 Å². The number of piperazine rings is 1. The lowest BCUT2D eigenvalue weighted by atomic mass is 10.1. The van der Waals surface area contributed by atoms with Crippen LogP contribution in [0.5, 0.6) is 11.5 Å². The summed E-state index contributed by atoms with van der Waals surface area (Å²) in [6.07, 6.45) is 1.13. The normalized spacial score (nSPS) is 19.7. The Balaban J connectivity index is 2.30. The second kappa shape index (κ2) is 5.96. The molecule has 1 aliphatic heterocycles. The Morgan fingerprint density at radius 1 is 1.33 bits per heavy atom. The Kier molecular flexibility index (Phi) is 4.31. The van der Waals surface area contributed by atoms with Crippen molar-refractivity contribution in [2.45, 2.75) is 19.4 Å². The summed E-state index contributed by atoms with van der Waals surface area (Å²) in [7, 11) is 3.38. The van der Waals surface area contributed by atoms with Crippen LogP contribution in [-0.2, 0) is 0 Å². The lowest BCUT2D eigenvalue weighted by Crippen LogP contribution is -2.51. The standard InChI is InChI=1S/C14H22N2O2/c1-4-11-10-15-7-8-16(11)13-6-5-12(17-2)9-14(13)18-3/h5-6,9,11,15H,4,7-8,10H2,1-3H3. The first-order chi connectivity index (χ1) is 8.80. The van der Waals surface area contributed by atoms with Gasteiger partial charge in [0.2, 0.25) is 0 Å². The molecule has 0 aliphatic carbocycles. The number of nitrogens with zero attached hydrogens (tertiary/aromatic N) is 1. The van der Waals surface area contributed by atoms with Crippen molar-refractivity contribution in [3.05, 3.63) is 18.2 Å². The zero-order chi connectivity index (χ0) is 13.0. The number of rotatable bonds is 4. The molecule has 4 nitrogen and oxygen atoms in total. The number of hydrogen-bond acceptors (Lipinski definition) is 4. The first-order valence-corrected chi connectivity index (χ1v) is 6.49. The third-order valence-electron chi connectivity index (χ3n) is 3.52. The molecule has 0 aromatic heterocycles. The molecule has 4 heteroatoms. The third kappa shape index (κ3) is 2.53. The van der Waals surface area contributed by atoms with Crippen LogP contribution in [0.2, 0.25) is 0 Å². The number of hydrogen-bond donors (Lipinski definition) is 1. The molecule has 1 aliphatic rings. The van der Waals surface area contributed by atoms with Crippen LogP contribution < -0.4 is 19.7 Å². The smallest absolute Gasteiger partial charge is 0.145 e. The van der Waals surface area contributed by atoms with Gasteiger partial charge in [-0.1, -0.05) is 6.92 Å². The van der Waals surface area contributed by atoms with Crippen molar-refractivity contribution >= 4 is 5.69 Å². The van der Waals surface area contributed by atoms with Crippen molar-refractivity contribution in [1.82, 2.24) is 5.32 Å². The van der Waals surface area contributed by atoms with Crippen LogP contribution in [0.4, 0.5) is 5.69 Å². The molecule has 0 amide bonds. The highest BCUT2D eigenvalue weighted by molar-refractivity contribution is 5.62. The number of anilines is 1. The van der Waals surface area contributed by atoms with E-state index >= 15 is 0 Å². The zero-order valence-corrected chi connectivity index (χ0v) is 11.4. The minimum atomic E-state index is 0.529. The molecule has 2 rings (SSSR count). The van der Waals surface area contributed by atoms with Crippen LogP contribution >= 0.6 is 0 Å². The highest BCUT2D eigenvalue weighted by atomic mass is 16.5. The fourth-order valence-corrected chi connectivity index (χ4v) is 2.47. The van der Waals surface area contributed by atoms with E-state index in [1.807, 2.05) is 12.1 Å². The Labute approximate surface area is 109 Å². The van der Waals surface area contributed by atoms with E-state index in [1.165, 1.54) is 0 Å². The number of methoxy groups -OCH3 is 2. The maximum absolute atomic E-state index is 5.49. The van der Waals surface area contributed by atoms with Gasteiger partial charge in [-0.05, 0) is 18.6 Å². The van der Waals surface area contributed by atoms with Crippen molar-refractivity contribution in [2.24, 2.45) is 0 Å². The van der Waals surface area contributed by atoms with Crippen molar-refractivity contribution in [2.75, 3.05) is 38.8 Å². The van der Waals surface area contributed by atoms with E-state index in [0.29, 0.717) is 6.04 Å². The van der Waals surface area contributed by atoms with E-state index in [2.05, 4.69) is 23.2 Å². The van der Waals surface area contributed by atoms with Crippen LogP contribution in [0.3, 0.4) is 0 Å². The predicted octanol–water partition coefficient (Wildman–Crippen LogP) is 1.89. The summed E-state index contributed by atoms with van der Waals surface area (Å²) in [5.41, 5.74) is 1.16. The highest BCUT2D eigenvalue weighted by Crippen LogP contribution is 2.34. The minimum absolute atomic E-state index is 0.529. The van der Waals surface area contributed by atoms with Gasteiger partial charge in [0.15, 0.2) is 0 Å². The van der Waals surface area contributed by atoms with Gasteiger partial charge in [-0.2, -0.15) is 0 Å². The highest BCUT2D eigenvalue weighted by Gasteiger charge is 2.23. The van der Waals surface area contributed by atoms with E-state index in [4.69, 9.17) is 9.47 Å². The molecule has 1 aromatic carbocycles. The molecule has 0 bridgehead atoms. The molecular formula is C14H22N2O2. The molecule has 1 unspecified atom stereocenters. The van der Waals surface area contributed by atoms with E-state index in [9.17, 15) is 0 Å². The summed E-state index contributed by atoms with van der Waals surface area (Å²) in [6, 6.07) is 6.56. The van der Waals surface area contributed by atoms with E-state index in [-0.39, 0.29) is 0 Å². The number of ether oxygens (including phenoxy) is 2. The van der Waals surface area contributed by atoms with Crippen LogP contribution in [-0.4, -0.2) is 39.9 Å². The summed E-state index contributed by atoms with van der Waals surface area (Å²) in [4.78, 5) is 2.43. The van der Waals surface area contributed by atoms with Gasteiger partial charge in [-0.15, -0.1) is 0 Å². The summed E-state index contributed by atoms with van der Waals surface area (Å²) in [6.45, 7) is 5.29. The van der Waals surface area contributed by atoms with Crippen LogP contribution in [0.1, 0.15) is 13.3 Å². The first kappa shape index (κ1) is 13.0. The molecule has 100 valence electrons. The number of benzene rings is 1. The van der Waals surface area contributed by atoms with E-state index in [1.54, 1.807) is 14.2 Å². The fourth-order valence-electron chi connectivity index (χ4n) is 2.47. The first-order valence-electron chi connectivity index (χ1n) is 6.49. The largest absolute Gasteiger partial charge is 0.497 e. The Bertz CT molecular complexity index is 395. The summed E-state index contributed by atoms with van der Waals surface area (Å²) in [5, 5.41) is 3.44. The van der Waals surface area contributed by atoms with Crippen LogP contribution in [0.15, 0.2) is 18.2 Å². The Morgan fingerprint density at radius 3 is 2.83 bits per heavy atom. The minimum Gasteiger partial charge on any atom is -0.497 e. The van der Waals surface area contributed by atoms with Crippen molar-refractivity contribution in [3.8, 4) is 11.5 Å². The summed E-state index contributed by atoms with van der Waals surface area (Å²) in [5.74, 6) is 1.72. The molecule has 0 spiro atoms. The Hall–Kier alpha value is -1.42. The average molecular weight is 250 g/mol. The average Bonchev–Trinajstić information content (AvgIpc) is 2.46. The van der Waals surface area contributed by atoms with Gasteiger partial charge in [-0.3, -0.25) is 0 Å². The monoisotopic (exact) mass is 250 g/mol. The van der Waals surface area contributed by atoms with Gasteiger partial charge in [-0.25, -0.2) is 0 Å². The SMILES string of the molecule is CCC1CNCCN1c1ccc(OC)cc1OC. The van der Waals surface area contributed by atoms with E-state index < -0.39 is 0 Å². The van der Waals surface area contributed by atoms with Gasteiger partial charge in [0, 0.05) is 31.7 Å². The molecule has 0 saturated carbocycles. The maximum atomic E-state index is 5.49. The summed E-state index contributed by atoms with van der Waals surface area (Å²) < 4.78 is 10.7. The lowest BCUT2D eigenvalue weighted by molar-refractivity contribution is 0.390. The quantitative estimate of drug-likeness (QED) is 0.885. The summed E-state index contributed by atoms with van der Waals surface area (Å²) >= 11 is 0. The molecule has 1 fully saturated rings.